The minimum Gasteiger partial charge on any atom is -0.507 e. The summed E-state index contributed by atoms with van der Waals surface area (Å²) >= 11 is 0. The summed E-state index contributed by atoms with van der Waals surface area (Å²) in [6, 6.07) is 5.66. The van der Waals surface area contributed by atoms with Crippen LogP contribution in [0.4, 0.5) is 0 Å². The van der Waals surface area contributed by atoms with Crippen molar-refractivity contribution in [3.8, 4) is 5.75 Å². The van der Waals surface area contributed by atoms with Gasteiger partial charge in [0, 0.05) is 18.7 Å². The van der Waals surface area contributed by atoms with Crippen LogP contribution in [0.5, 0.6) is 5.75 Å². The fraction of sp³-hybridized carbons (Fsp3) is 0.533. The molecule has 1 aromatic rings. The lowest BCUT2D eigenvalue weighted by Gasteiger charge is -2.18. The van der Waals surface area contributed by atoms with Crippen LogP contribution in [-0.2, 0) is 11.3 Å². The number of likely N-dealkylation sites (N-methyl/N-ethyl adjacent to an activating group) is 1. The summed E-state index contributed by atoms with van der Waals surface area (Å²) in [5.74, 6) is 0.787. The Kier molecular flexibility index (Phi) is 5.83. The molecular formula is C15H24N2O2. The van der Waals surface area contributed by atoms with Gasteiger partial charge in [-0.1, -0.05) is 32.0 Å². The normalized spacial score (nSPS) is 11.1. The van der Waals surface area contributed by atoms with Crippen LogP contribution >= 0.6 is 0 Å². The zero-order chi connectivity index (χ0) is 14.4. The first kappa shape index (κ1) is 15.5. The Morgan fingerprint density at radius 1 is 1.42 bits per heavy atom. The summed E-state index contributed by atoms with van der Waals surface area (Å²) in [5, 5.41) is 12.8. The second kappa shape index (κ2) is 7.14. The molecule has 4 nitrogen and oxygen atoms in total. The van der Waals surface area contributed by atoms with Crippen molar-refractivity contribution in [1.29, 1.82) is 0 Å². The fourth-order valence-corrected chi connectivity index (χ4v) is 1.81. The van der Waals surface area contributed by atoms with Crippen molar-refractivity contribution in [2.75, 3.05) is 20.1 Å². The van der Waals surface area contributed by atoms with Gasteiger partial charge in [0.2, 0.25) is 5.91 Å². The summed E-state index contributed by atoms with van der Waals surface area (Å²) < 4.78 is 0. The van der Waals surface area contributed by atoms with E-state index in [0.717, 1.165) is 11.1 Å². The number of amides is 1. The molecule has 106 valence electrons. The summed E-state index contributed by atoms with van der Waals surface area (Å²) in [4.78, 5) is 13.6. The SMILES string of the molecule is Cc1cccc(CN(C)CC(=O)NCC(C)C)c1O. The molecule has 2 N–H and O–H groups in total. The van der Waals surface area contributed by atoms with E-state index in [-0.39, 0.29) is 5.91 Å². The number of rotatable bonds is 6. The predicted octanol–water partition coefficient (Wildman–Crippen LogP) is 1.90. The molecule has 0 atom stereocenters. The van der Waals surface area contributed by atoms with Gasteiger partial charge in [-0.15, -0.1) is 0 Å². The van der Waals surface area contributed by atoms with Gasteiger partial charge in [-0.05, 0) is 25.5 Å². The molecule has 0 aliphatic rings. The molecule has 0 fully saturated rings. The Bertz CT molecular complexity index is 430. The molecule has 0 aliphatic heterocycles. The maximum atomic E-state index is 11.7. The van der Waals surface area contributed by atoms with Crippen LogP contribution in [0, 0.1) is 12.8 Å². The largest absolute Gasteiger partial charge is 0.507 e. The summed E-state index contributed by atoms with van der Waals surface area (Å²) in [7, 11) is 1.87. The average Bonchev–Trinajstić information content (AvgIpc) is 2.32. The molecular weight excluding hydrogens is 240 g/mol. The van der Waals surface area contributed by atoms with Crippen LogP contribution in [0.25, 0.3) is 0 Å². The molecule has 0 radical (unpaired) electrons. The van der Waals surface area contributed by atoms with Crippen LogP contribution in [0.2, 0.25) is 0 Å². The quantitative estimate of drug-likeness (QED) is 0.825. The van der Waals surface area contributed by atoms with Crippen LogP contribution in [0.1, 0.15) is 25.0 Å². The minimum atomic E-state index is 0.0170. The van der Waals surface area contributed by atoms with Gasteiger partial charge < -0.3 is 10.4 Å². The molecule has 0 bridgehead atoms. The minimum absolute atomic E-state index is 0.0170. The van der Waals surface area contributed by atoms with E-state index in [4.69, 9.17) is 0 Å². The molecule has 0 saturated carbocycles. The van der Waals surface area contributed by atoms with Crippen molar-refractivity contribution < 1.29 is 9.90 Å². The molecule has 1 amide bonds. The lowest BCUT2D eigenvalue weighted by Crippen LogP contribution is -2.36. The van der Waals surface area contributed by atoms with E-state index in [1.807, 2.05) is 37.1 Å². The highest BCUT2D eigenvalue weighted by Crippen LogP contribution is 2.22. The van der Waals surface area contributed by atoms with E-state index in [1.54, 1.807) is 0 Å². The van der Waals surface area contributed by atoms with Gasteiger partial charge in [0.1, 0.15) is 5.75 Å². The van der Waals surface area contributed by atoms with Gasteiger partial charge in [-0.2, -0.15) is 0 Å². The standard InChI is InChI=1S/C15H24N2O2/c1-11(2)8-16-14(18)10-17(4)9-13-7-5-6-12(3)15(13)19/h5-7,11,19H,8-10H2,1-4H3,(H,16,18). The van der Waals surface area contributed by atoms with Crippen molar-refractivity contribution in [3.05, 3.63) is 29.3 Å². The third-order valence-electron chi connectivity index (χ3n) is 2.88. The second-order valence-electron chi connectivity index (χ2n) is 5.45. The lowest BCUT2D eigenvalue weighted by atomic mass is 10.1. The molecule has 4 heteroatoms. The number of benzene rings is 1. The Labute approximate surface area is 115 Å². The van der Waals surface area contributed by atoms with Gasteiger partial charge in [0.05, 0.1) is 6.54 Å². The van der Waals surface area contributed by atoms with Crippen LogP contribution < -0.4 is 5.32 Å². The summed E-state index contributed by atoms with van der Waals surface area (Å²) in [6.45, 7) is 7.59. The highest BCUT2D eigenvalue weighted by Gasteiger charge is 2.10. The number of nitrogens with one attached hydrogen (secondary N) is 1. The van der Waals surface area contributed by atoms with E-state index in [2.05, 4.69) is 19.2 Å². The van der Waals surface area contributed by atoms with E-state index < -0.39 is 0 Å². The monoisotopic (exact) mass is 264 g/mol. The van der Waals surface area contributed by atoms with Crippen molar-refractivity contribution in [2.24, 2.45) is 5.92 Å². The van der Waals surface area contributed by atoms with E-state index in [1.165, 1.54) is 0 Å². The number of aryl methyl sites for hydroxylation is 1. The molecule has 0 aliphatic carbocycles. The second-order valence-corrected chi connectivity index (χ2v) is 5.45. The lowest BCUT2D eigenvalue weighted by molar-refractivity contribution is -0.122. The highest BCUT2D eigenvalue weighted by molar-refractivity contribution is 5.77. The van der Waals surface area contributed by atoms with Gasteiger partial charge in [-0.25, -0.2) is 0 Å². The van der Waals surface area contributed by atoms with E-state index >= 15 is 0 Å². The van der Waals surface area contributed by atoms with Crippen molar-refractivity contribution in [3.63, 3.8) is 0 Å². The molecule has 19 heavy (non-hydrogen) atoms. The molecule has 0 spiro atoms. The maximum absolute atomic E-state index is 11.7. The van der Waals surface area contributed by atoms with Crippen LogP contribution in [0.3, 0.4) is 0 Å². The molecule has 0 heterocycles. The number of hydrogen-bond acceptors (Lipinski definition) is 3. The van der Waals surface area contributed by atoms with Crippen molar-refractivity contribution in [2.45, 2.75) is 27.3 Å². The Morgan fingerprint density at radius 2 is 2.11 bits per heavy atom. The van der Waals surface area contributed by atoms with Crippen molar-refractivity contribution >= 4 is 5.91 Å². The first-order valence-corrected chi connectivity index (χ1v) is 6.63. The number of phenolic OH excluding ortho intramolecular Hbond substituents is 1. The summed E-state index contributed by atoms with van der Waals surface area (Å²) in [5.41, 5.74) is 1.70. The number of hydrogen-bond donors (Lipinski definition) is 2. The van der Waals surface area contributed by atoms with Crippen molar-refractivity contribution in [1.82, 2.24) is 10.2 Å². The number of nitrogens with zero attached hydrogens (tertiary/aromatic N) is 1. The highest BCUT2D eigenvalue weighted by atomic mass is 16.3. The molecule has 1 rings (SSSR count). The Morgan fingerprint density at radius 3 is 2.74 bits per heavy atom. The predicted molar refractivity (Wildman–Crippen MR) is 77.0 cm³/mol. The molecule has 1 aromatic carbocycles. The number of aromatic hydroxyl groups is 1. The average molecular weight is 264 g/mol. The smallest absolute Gasteiger partial charge is 0.234 e. The number of phenols is 1. The van der Waals surface area contributed by atoms with Gasteiger partial charge in [0.15, 0.2) is 0 Å². The van der Waals surface area contributed by atoms with E-state index in [9.17, 15) is 9.90 Å². The molecule has 0 unspecified atom stereocenters. The number of carbonyl (C=O) groups excluding carboxylic acids is 1. The molecule has 0 aromatic heterocycles. The Hall–Kier alpha value is -1.55. The topological polar surface area (TPSA) is 52.6 Å². The van der Waals surface area contributed by atoms with Crippen LogP contribution in [0.15, 0.2) is 18.2 Å². The zero-order valence-electron chi connectivity index (χ0n) is 12.2. The third-order valence-corrected chi connectivity index (χ3v) is 2.88. The molecule has 0 saturated heterocycles. The summed E-state index contributed by atoms with van der Waals surface area (Å²) in [6.07, 6.45) is 0. The third kappa shape index (κ3) is 5.30. The first-order valence-electron chi connectivity index (χ1n) is 6.63. The first-order chi connectivity index (χ1) is 8.90. The number of carbonyl (C=O) groups is 1. The van der Waals surface area contributed by atoms with Gasteiger partial charge in [-0.3, -0.25) is 9.69 Å². The van der Waals surface area contributed by atoms with Crippen LogP contribution in [-0.4, -0.2) is 36.1 Å². The van der Waals surface area contributed by atoms with Gasteiger partial charge >= 0.3 is 0 Å². The number of para-hydroxylation sites is 1. The van der Waals surface area contributed by atoms with E-state index in [0.29, 0.717) is 31.3 Å². The maximum Gasteiger partial charge on any atom is 0.234 e. The van der Waals surface area contributed by atoms with Gasteiger partial charge in [0.25, 0.3) is 0 Å². The zero-order valence-corrected chi connectivity index (χ0v) is 12.2. The Balaban J connectivity index is 2.49. The fourth-order valence-electron chi connectivity index (χ4n) is 1.81.